The molecular formula is C27H34IN5O7S. The zero-order valence-electron chi connectivity index (χ0n) is 22.6. The number of nitrogens with two attached hydrogens (primary N) is 1. The minimum atomic E-state index is -3.87. The highest BCUT2D eigenvalue weighted by atomic mass is 127. The number of hydrogen-bond donors (Lipinski definition) is 5. The van der Waals surface area contributed by atoms with Crippen molar-refractivity contribution < 1.29 is 32.3 Å². The number of halogens is 1. The SMILES string of the molecule is CCCCOC(=O)Nc1ccc(I)cc1C(=O)NCC(=O)N[C@H]1CCCC[C@H]1NC(=O)c1ccc(S(N)(=O)=O)cc1. The number of primary sulfonamides is 1. The van der Waals surface area contributed by atoms with Gasteiger partial charge in [-0.3, -0.25) is 19.7 Å². The molecule has 0 radical (unpaired) electrons. The number of carbonyl (C=O) groups is 4. The van der Waals surface area contributed by atoms with Gasteiger partial charge in [0.2, 0.25) is 15.9 Å². The van der Waals surface area contributed by atoms with Crippen molar-refractivity contribution >= 4 is 62.1 Å². The number of benzene rings is 2. The van der Waals surface area contributed by atoms with Crippen LogP contribution in [0.15, 0.2) is 47.4 Å². The van der Waals surface area contributed by atoms with Gasteiger partial charge in [0.1, 0.15) is 0 Å². The number of anilines is 1. The third kappa shape index (κ3) is 9.97. The van der Waals surface area contributed by atoms with E-state index >= 15 is 0 Å². The molecule has 41 heavy (non-hydrogen) atoms. The predicted octanol–water partition coefficient (Wildman–Crippen LogP) is 2.87. The second-order valence-electron chi connectivity index (χ2n) is 9.59. The summed E-state index contributed by atoms with van der Waals surface area (Å²) < 4.78 is 28.8. The smallest absolute Gasteiger partial charge is 0.411 e. The lowest BCUT2D eigenvalue weighted by Gasteiger charge is -2.33. The molecule has 2 aromatic carbocycles. The van der Waals surface area contributed by atoms with Crippen molar-refractivity contribution in [1.82, 2.24) is 16.0 Å². The van der Waals surface area contributed by atoms with E-state index in [0.717, 1.165) is 29.3 Å². The van der Waals surface area contributed by atoms with Crippen LogP contribution in [0.25, 0.3) is 0 Å². The summed E-state index contributed by atoms with van der Waals surface area (Å²) >= 11 is 2.05. The maximum Gasteiger partial charge on any atom is 0.411 e. The molecular weight excluding hydrogens is 665 g/mol. The normalized spacial score (nSPS) is 16.8. The van der Waals surface area contributed by atoms with E-state index in [2.05, 4.69) is 21.3 Å². The van der Waals surface area contributed by atoms with Crippen LogP contribution in [-0.4, -0.2) is 57.5 Å². The zero-order valence-corrected chi connectivity index (χ0v) is 25.5. The molecule has 4 amide bonds. The topological polar surface area (TPSA) is 186 Å². The van der Waals surface area contributed by atoms with E-state index in [0.29, 0.717) is 12.8 Å². The quantitative estimate of drug-likeness (QED) is 0.176. The molecule has 0 saturated heterocycles. The lowest BCUT2D eigenvalue weighted by Crippen LogP contribution is -2.54. The Morgan fingerprint density at radius 1 is 0.976 bits per heavy atom. The van der Waals surface area contributed by atoms with Crippen LogP contribution in [0, 0.1) is 3.57 Å². The summed E-state index contributed by atoms with van der Waals surface area (Å²) in [4.78, 5) is 50.5. The fourth-order valence-corrected chi connectivity index (χ4v) is 5.31. The molecule has 1 aliphatic carbocycles. The van der Waals surface area contributed by atoms with Crippen LogP contribution in [-0.2, 0) is 19.6 Å². The molecule has 0 unspecified atom stereocenters. The molecule has 0 aromatic heterocycles. The maximum atomic E-state index is 12.9. The number of hydrogen-bond acceptors (Lipinski definition) is 7. The lowest BCUT2D eigenvalue weighted by atomic mass is 9.90. The third-order valence-electron chi connectivity index (χ3n) is 6.48. The number of rotatable bonds is 11. The van der Waals surface area contributed by atoms with E-state index in [1.165, 1.54) is 24.3 Å². The highest BCUT2D eigenvalue weighted by molar-refractivity contribution is 14.1. The van der Waals surface area contributed by atoms with Gasteiger partial charge in [0, 0.05) is 21.2 Å². The first-order valence-corrected chi connectivity index (χ1v) is 15.8. The standard InChI is InChI=1S/C27H34IN5O7S/c1-2-3-14-40-27(37)33-21-13-10-18(28)15-20(21)26(36)30-16-24(34)31-22-6-4-5-7-23(22)32-25(35)17-8-11-19(12-9-17)41(29,38)39/h8-13,15,22-23H,2-7,14,16H2,1H3,(H,30,36)(H,31,34)(H,32,35)(H,33,37)(H2,29,38,39)/t22-,23+/m0/s1. The van der Waals surface area contributed by atoms with Crippen molar-refractivity contribution in [3.05, 3.63) is 57.2 Å². The van der Waals surface area contributed by atoms with Gasteiger partial charge in [-0.15, -0.1) is 0 Å². The van der Waals surface area contributed by atoms with Crippen LogP contribution in [0.3, 0.4) is 0 Å². The van der Waals surface area contributed by atoms with Gasteiger partial charge in [-0.05, 0) is 84.3 Å². The molecule has 2 aromatic rings. The summed E-state index contributed by atoms with van der Waals surface area (Å²) in [6, 6.07) is 9.49. The Labute approximate surface area is 252 Å². The number of ether oxygens (including phenoxy) is 1. The molecule has 0 spiro atoms. The van der Waals surface area contributed by atoms with Crippen LogP contribution in [0.4, 0.5) is 10.5 Å². The first-order chi connectivity index (χ1) is 19.5. The van der Waals surface area contributed by atoms with Crippen LogP contribution < -0.4 is 26.4 Å². The van der Waals surface area contributed by atoms with E-state index in [1.54, 1.807) is 18.2 Å². The molecule has 222 valence electrons. The Morgan fingerprint density at radius 3 is 2.27 bits per heavy atom. The molecule has 12 nitrogen and oxygen atoms in total. The molecule has 1 aliphatic rings. The van der Waals surface area contributed by atoms with Gasteiger partial charge in [-0.25, -0.2) is 18.4 Å². The molecule has 14 heteroatoms. The van der Waals surface area contributed by atoms with Gasteiger partial charge < -0.3 is 20.7 Å². The van der Waals surface area contributed by atoms with Crippen molar-refractivity contribution in [3.63, 3.8) is 0 Å². The molecule has 0 aliphatic heterocycles. The second kappa shape index (κ2) is 15.1. The maximum absolute atomic E-state index is 12.9. The summed E-state index contributed by atoms with van der Waals surface area (Å²) in [5.74, 6) is -1.38. The van der Waals surface area contributed by atoms with E-state index in [9.17, 15) is 27.6 Å². The largest absolute Gasteiger partial charge is 0.449 e. The number of unbranched alkanes of at least 4 members (excludes halogenated alkanes) is 1. The average molecular weight is 700 g/mol. The highest BCUT2D eigenvalue weighted by Crippen LogP contribution is 2.21. The Bertz CT molecular complexity index is 1370. The predicted molar refractivity (Wildman–Crippen MR) is 161 cm³/mol. The van der Waals surface area contributed by atoms with Gasteiger partial charge >= 0.3 is 6.09 Å². The van der Waals surface area contributed by atoms with Crippen molar-refractivity contribution in [2.75, 3.05) is 18.5 Å². The van der Waals surface area contributed by atoms with Crippen LogP contribution in [0.5, 0.6) is 0 Å². The minimum Gasteiger partial charge on any atom is -0.449 e. The first-order valence-electron chi connectivity index (χ1n) is 13.2. The highest BCUT2D eigenvalue weighted by Gasteiger charge is 2.28. The van der Waals surface area contributed by atoms with Gasteiger partial charge in [-0.2, -0.15) is 0 Å². The fourth-order valence-electron chi connectivity index (χ4n) is 4.31. The zero-order chi connectivity index (χ0) is 30.0. The third-order valence-corrected chi connectivity index (χ3v) is 8.08. The molecule has 6 N–H and O–H groups in total. The van der Waals surface area contributed by atoms with Gasteiger partial charge in [0.25, 0.3) is 11.8 Å². The summed E-state index contributed by atoms with van der Waals surface area (Å²) in [6.07, 6.45) is 3.93. The first kappa shape index (κ1) is 32.3. The van der Waals surface area contributed by atoms with E-state index in [4.69, 9.17) is 9.88 Å². The summed E-state index contributed by atoms with van der Waals surface area (Å²) in [5, 5.41) is 16.1. The van der Waals surface area contributed by atoms with Crippen LogP contribution >= 0.6 is 22.6 Å². The summed E-state index contributed by atoms with van der Waals surface area (Å²) in [5.41, 5.74) is 0.710. The van der Waals surface area contributed by atoms with Gasteiger partial charge in [0.05, 0.1) is 29.3 Å². The average Bonchev–Trinajstić information content (AvgIpc) is 2.93. The number of carbonyl (C=O) groups excluding carboxylic acids is 4. The Hall–Kier alpha value is -3.24. The molecule has 1 fully saturated rings. The van der Waals surface area contributed by atoms with E-state index in [-0.39, 0.29) is 46.9 Å². The Morgan fingerprint density at radius 2 is 1.63 bits per heavy atom. The van der Waals surface area contributed by atoms with E-state index < -0.39 is 33.8 Å². The number of nitrogens with one attached hydrogen (secondary N) is 4. The van der Waals surface area contributed by atoms with Gasteiger partial charge in [-0.1, -0.05) is 26.2 Å². The van der Waals surface area contributed by atoms with Crippen LogP contribution in [0.2, 0.25) is 0 Å². The lowest BCUT2D eigenvalue weighted by molar-refractivity contribution is -0.121. The minimum absolute atomic E-state index is 0.0982. The summed E-state index contributed by atoms with van der Waals surface area (Å²) in [6.45, 7) is 1.93. The van der Waals surface area contributed by atoms with Crippen molar-refractivity contribution in [3.8, 4) is 0 Å². The molecule has 2 atom stereocenters. The Kier molecular flexibility index (Phi) is 11.9. The Balaban J connectivity index is 1.57. The molecule has 3 rings (SSSR count). The number of sulfonamides is 1. The number of amides is 4. The van der Waals surface area contributed by atoms with Crippen molar-refractivity contribution in [2.45, 2.75) is 62.4 Å². The van der Waals surface area contributed by atoms with Crippen molar-refractivity contribution in [2.24, 2.45) is 5.14 Å². The monoisotopic (exact) mass is 699 g/mol. The fraction of sp³-hybridized carbons (Fsp3) is 0.407. The molecule has 0 bridgehead atoms. The summed E-state index contributed by atoms with van der Waals surface area (Å²) in [7, 11) is -3.87. The van der Waals surface area contributed by atoms with Crippen LogP contribution in [0.1, 0.15) is 66.2 Å². The molecule has 0 heterocycles. The van der Waals surface area contributed by atoms with E-state index in [1.807, 2.05) is 29.5 Å². The van der Waals surface area contributed by atoms with Gasteiger partial charge in [0.15, 0.2) is 0 Å². The second-order valence-corrected chi connectivity index (χ2v) is 12.4. The van der Waals surface area contributed by atoms with Crippen molar-refractivity contribution in [1.29, 1.82) is 0 Å². The molecule has 1 saturated carbocycles.